The summed E-state index contributed by atoms with van der Waals surface area (Å²) in [5, 5.41) is 3.61. The highest BCUT2D eigenvalue weighted by atomic mass is 19.1. The van der Waals surface area contributed by atoms with Crippen molar-refractivity contribution in [3.05, 3.63) is 35.6 Å². The van der Waals surface area contributed by atoms with Gasteiger partial charge in [-0.3, -0.25) is 0 Å². The number of nitrogens with one attached hydrogen (secondary N) is 1. The lowest BCUT2D eigenvalue weighted by Gasteiger charge is -2.26. The zero-order valence-electron chi connectivity index (χ0n) is 12.9. The zero-order chi connectivity index (χ0) is 14.4. The van der Waals surface area contributed by atoms with Gasteiger partial charge >= 0.3 is 0 Å². The van der Waals surface area contributed by atoms with Crippen LogP contribution < -0.4 is 5.32 Å². The Morgan fingerprint density at radius 2 is 1.70 bits per heavy atom. The highest BCUT2D eigenvalue weighted by molar-refractivity contribution is 5.16. The van der Waals surface area contributed by atoms with Crippen molar-refractivity contribution in [1.82, 2.24) is 5.32 Å². The van der Waals surface area contributed by atoms with Gasteiger partial charge in [-0.15, -0.1) is 0 Å². The third-order valence-corrected chi connectivity index (χ3v) is 4.52. The Hall–Kier alpha value is -0.890. The fraction of sp³-hybridized carbons (Fsp3) is 0.667. The van der Waals surface area contributed by atoms with E-state index in [2.05, 4.69) is 19.2 Å². The predicted octanol–water partition coefficient (Wildman–Crippen LogP) is 4.56. The lowest BCUT2D eigenvalue weighted by atomic mass is 9.83. The minimum absolute atomic E-state index is 0.132. The van der Waals surface area contributed by atoms with E-state index >= 15 is 0 Å². The smallest absolute Gasteiger partial charge is 0.123 e. The van der Waals surface area contributed by atoms with Crippen LogP contribution in [0.15, 0.2) is 24.3 Å². The highest BCUT2D eigenvalue weighted by Crippen LogP contribution is 2.31. The number of halogens is 1. The molecular weight excluding hydrogens is 249 g/mol. The van der Waals surface area contributed by atoms with Gasteiger partial charge in [0.2, 0.25) is 0 Å². The largest absolute Gasteiger partial charge is 0.314 e. The molecule has 2 atom stereocenters. The topological polar surface area (TPSA) is 12.0 Å². The van der Waals surface area contributed by atoms with Gasteiger partial charge in [0, 0.05) is 6.04 Å². The average Bonchev–Trinajstić information content (AvgIpc) is 2.64. The normalized spacial score (nSPS) is 23.8. The maximum atomic E-state index is 13.0. The van der Waals surface area contributed by atoms with E-state index in [0.717, 1.165) is 24.8 Å². The van der Waals surface area contributed by atoms with Gasteiger partial charge in [0.1, 0.15) is 5.82 Å². The quantitative estimate of drug-likeness (QED) is 0.778. The molecule has 1 aliphatic rings. The summed E-state index contributed by atoms with van der Waals surface area (Å²) in [7, 11) is 0. The molecule has 0 aliphatic heterocycles. The Morgan fingerprint density at radius 3 is 2.35 bits per heavy atom. The molecule has 0 saturated heterocycles. The first-order chi connectivity index (χ1) is 9.65. The lowest BCUT2D eigenvalue weighted by molar-refractivity contribution is 0.291. The van der Waals surface area contributed by atoms with Crippen molar-refractivity contribution >= 4 is 0 Å². The Bertz CT molecular complexity index is 385. The Balaban J connectivity index is 1.98. The predicted molar refractivity (Wildman–Crippen MR) is 83.3 cm³/mol. The molecule has 0 heterocycles. The first-order valence-electron chi connectivity index (χ1n) is 8.13. The van der Waals surface area contributed by atoms with E-state index in [4.69, 9.17) is 0 Å². The minimum atomic E-state index is -0.132. The summed E-state index contributed by atoms with van der Waals surface area (Å²) in [6.45, 7) is 5.56. The van der Waals surface area contributed by atoms with Gasteiger partial charge in [0.15, 0.2) is 0 Å². The van der Waals surface area contributed by atoms with Gasteiger partial charge in [-0.2, -0.15) is 0 Å². The summed E-state index contributed by atoms with van der Waals surface area (Å²) >= 11 is 0. The van der Waals surface area contributed by atoms with Crippen molar-refractivity contribution in [2.45, 2.75) is 58.4 Å². The van der Waals surface area contributed by atoms with Gasteiger partial charge in [0.25, 0.3) is 0 Å². The van der Waals surface area contributed by atoms with E-state index in [0.29, 0.717) is 6.04 Å². The van der Waals surface area contributed by atoms with Crippen LogP contribution in [0.1, 0.15) is 51.5 Å². The molecule has 112 valence electrons. The van der Waals surface area contributed by atoms with Gasteiger partial charge < -0.3 is 5.32 Å². The molecule has 2 rings (SSSR count). The molecule has 2 unspecified atom stereocenters. The molecule has 1 N–H and O–H groups in total. The second-order valence-electron chi connectivity index (χ2n) is 6.55. The van der Waals surface area contributed by atoms with Crippen molar-refractivity contribution in [3.8, 4) is 0 Å². The second kappa shape index (κ2) is 7.78. The number of benzene rings is 1. The monoisotopic (exact) mass is 277 g/mol. The van der Waals surface area contributed by atoms with Gasteiger partial charge in [-0.1, -0.05) is 45.2 Å². The molecule has 1 saturated carbocycles. The fourth-order valence-corrected chi connectivity index (χ4v) is 3.31. The molecule has 0 spiro atoms. The van der Waals surface area contributed by atoms with Crippen molar-refractivity contribution in [1.29, 1.82) is 0 Å². The Kier molecular flexibility index (Phi) is 6.03. The molecule has 1 nitrogen and oxygen atoms in total. The van der Waals surface area contributed by atoms with Crippen molar-refractivity contribution in [2.75, 3.05) is 6.54 Å². The van der Waals surface area contributed by atoms with Crippen molar-refractivity contribution in [3.63, 3.8) is 0 Å². The second-order valence-corrected chi connectivity index (χ2v) is 6.55. The SMILES string of the molecule is CC(C)NCC1CCCCCC1Cc1ccc(F)cc1. The molecule has 1 aliphatic carbocycles. The maximum absolute atomic E-state index is 13.0. The summed E-state index contributed by atoms with van der Waals surface area (Å²) in [5.41, 5.74) is 1.29. The molecule has 0 radical (unpaired) electrons. The fourth-order valence-electron chi connectivity index (χ4n) is 3.31. The summed E-state index contributed by atoms with van der Waals surface area (Å²) in [6, 6.07) is 7.64. The van der Waals surface area contributed by atoms with Crippen LogP contribution in [0.25, 0.3) is 0 Å². The molecule has 1 fully saturated rings. The molecule has 0 aromatic heterocycles. The van der Waals surface area contributed by atoms with E-state index in [-0.39, 0.29) is 5.82 Å². The van der Waals surface area contributed by atoms with E-state index < -0.39 is 0 Å². The summed E-state index contributed by atoms with van der Waals surface area (Å²) in [6.07, 6.45) is 7.85. The minimum Gasteiger partial charge on any atom is -0.314 e. The van der Waals surface area contributed by atoms with E-state index in [1.165, 1.54) is 37.7 Å². The first kappa shape index (κ1) is 15.5. The van der Waals surface area contributed by atoms with E-state index in [9.17, 15) is 4.39 Å². The molecular formula is C18H28FN. The summed E-state index contributed by atoms with van der Waals surface area (Å²) < 4.78 is 13.0. The third kappa shape index (κ3) is 4.90. The molecule has 20 heavy (non-hydrogen) atoms. The summed E-state index contributed by atoms with van der Waals surface area (Å²) in [5.74, 6) is 1.38. The number of hydrogen-bond donors (Lipinski definition) is 1. The van der Waals surface area contributed by atoms with E-state index in [1.807, 2.05) is 12.1 Å². The van der Waals surface area contributed by atoms with Crippen LogP contribution in [0, 0.1) is 17.7 Å². The van der Waals surface area contributed by atoms with Crippen LogP contribution in [0.5, 0.6) is 0 Å². The van der Waals surface area contributed by atoms with Crippen LogP contribution in [0.4, 0.5) is 4.39 Å². The third-order valence-electron chi connectivity index (χ3n) is 4.52. The Morgan fingerprint density at radius 1 is 1.05 bits per heavy atom. The van der Waals surface area contributed by atoms with Crippen LogP contribution in [0.2, 0.25) is 0 Å². The number of rotatable bonds is 5. The van der Waals surface area contributed by atoms with Crippen molar-refractivity contribution < 1.29 is 4.39 Å². The van der Waals surface area contributed by atoms with Crippen LogP contribution in [-0.4, -0.2) is 12.6 Å². The van der Waals surface area contributed by atoms with Gasteiger partial charge in [-0.25, -0.2) is 4.39 Å². The van der Waals surface area contributed by atoms with Crippen molar-refractivity contribution in [2.24, 2.45) is 11.8 Å². The Labute approximate surface area is 123 Å². The molecule has 1 aromatic rings. The van der Waals surface area contributed by atoms with E-state index in [1.54, 1.807) is 12.1 Å². The highest BCUT2D eigenvalue weighted by Gasteiger charge is 2.23. The van der Waals surface area contributed by atoms with Crippen LogP contribution >= 0.6 is 0 Å². The number of hydrogen-bond acceptors (Lipinski definition) is 1. The standard InChI is InChI=1S/C18H28FN/c1-14(2)20-13-17-7-5-3-4-6-16(17)12-15-8-10-18(19)11-9-15/h8-11,14,16-17,20H,3-7,12-13H2,1-2H3. The molecule has 0 bridgehead atoms. The van der Waals surface area contributed by atoms with Gasteiger partial charge in [0.05, 0.1) is 0 Å². The van der Waals surface area contributed by atoms with Crippen LogP contribution in [0.3, 0.4) is 0 Å². The van der Waals surface area contributed by atoms with Gasteiger partial charge in [-0.05, 0) is 55.3 Å². The lowest BCUT2D eigenvalue weighted by Crippen LogP contribution is -2.33. The molecule has 1 aromatic carbocycles. The molecule has 2 heteroatoms. The van der Waals surface area contributed by atoms with Crippen LogP contribution in [-0.2, 0) is 6.42 Å². The maximum Gasteiger partial charge on any atom is 0.123 e. The first-order valence-corrected chi connectivity index (χ1v) is 8.13. The average molecular weight is 277 g/mol. The zero-order valence-corrected chi connectivity index (χ0v) is 12.9. The summed E-state index contributed by atoms with van der Waals surface area (Å²) in [4.78, 5) is 0. The molecule has 0 amide bonds.